The van der Waals surface area contributed by atoms with Gasteiger partial charge in [0.1, 0.15) is 5.82 Å². The lowest BCUT2D eigenvalue weighted by Gasteiger charge is -2.41. The predicted molar refractivity (Wildman–Crippen MR) is 137 cm³/mol. The van der Waals surface area contributed by atoms with E-state index in [1.807, 2.05) is 38.1 Å². The van der Waals surface area contributed by atoms with Crippen LogP contribution in [0.25, 0.3) is 0 Å². The highest BCUT2D eigenvalue weighted by Gasteiger charge is 2.45. The van der Waals surface area contributed by atoms with E-state index in [9.17, 15) is 14.0 Å². The summed E-state index contributed by atoms with van der Waals surface area (Å²) in [6, 6.07) is 13.7. The van der Waals surface area contributed by atoms with E-state index in [0.29, 0.717) is 40.0 Å². The molecule has 1 amide bonds. The van der Waals surface area contributed by atoms with Gasteiger partial charge < -0.3 is 0 Å². The molecule has 1 aliphatic carbocycles. The number of allylic oxidation sites excluding steroid dienone is 2. The molecule has 1 atom stereocenters. The van der Waals surface area contributed by atoms with Gasteiger partial charge in [-0.05, 0) is 47.2 Å². The maximum atomic E-state index is 13.5. The smallest absolute Gasteiger partial charge is 0.234 e. The van der Waals surface area contributed by atoms with E-state index in [1.54, 1.807) is 17.0 Å². The standard InChI is InChI=1S/C26H23ClFN3O2S2/c1-26(2)12-20-23(21(32)13-26)19(16-5-9-18(28)10-6-16)11-22(33)31(20)24-29-30-25(35-24)34-14-15-3-7-17(27)8-4-15/h3-10,19H,11-14H2,1-2H3/t19-/m0/s1. The van der Waals surface area contributed by atoms with Crippen LogP contribution in [0.15, 0.2) is 64.1 Å². The number of benzene rings is 2. The quantitative estimate of drug-likeness (QED) is 0.270. The first-order valence-electron chi connectivity index (χ1n) is 11.3. The second-order valence-electron chi connectivity index (χ2n) is 9.60. The second-order valence-corrected chi connectivity index (χ2v) is 12.2. The third-order valence-electron chi connectivity index (χ3n) is 6.28. The van der Waals surface area contributed by atoms with E-state index in [4.69, 9.17) is 11.6 Å². The van der Waals surface area contributed by atoms with Crippen LogP contribution < -0.4 is 4.90 Å². The van der Waals surface area contributed by atoms with Crippen molar-refractivity contribution in [2.75, 3.05) is 4.90 Å². The molecule has 0 saturated carbocycles. The van der Waals surface area contributed by atoms with E-state index < -0.39 is 0 Å². The summed E-state index contributed by atoms with van der Waals surface area (Å²) in [7, 11) is 0. The highest BCUT2D eigenvalue weighted by Crippen LogP contribution is 2.48. The first-order valence-corrected chi connectivity index (χ1v) is 13.4. The van der Waals surface area contributed by atoms with Crippen molar-refractivity contribution in [2.45, 2.75) is 49.1 Å². The van der Waals surface area contributed by atoms with Crippen molar-refractivity contribution in [2.24, 2.45) is 5.41 Å². The van der Waals surface area contributed by atoms with E-state index >= 15 is 0 Å². The van der Waals surface area contributed by atoms with Gasteiger partial charge in [0.15, 0.2) is 10.1 Å². The normalized spacial score (nSPS) is 19.8. The summed E-state index contributed by atoms with van der Waals surface area (Å²) < 4.78 is 14.3. The number of carbonyl (C=O) groups is 2. The minimum Gasteiger partial charge on any atom is -0.294 e. The van der Waals surface area contributed by atoms with Crippen molar-refractivity contribution in [3.05, 3.63) is 81.8 Å². The summed E-state index contributed by atoms with van der Waals surface area (Å²) in [5, 5.41) is 9.79. The molecule has 2 aromatic carbocycles. The van der Waals surface area contributed by atoms with Crippen molar-refractivity contribution in [1.29, 1.82) is 0 Å². The fourth-order valence-corrected chi connectivity index (χ4v) is 6.66. The Balaban J connectivity index is 1.48. The van der Waals surface area contributed by atoms with E-state index in [-0.39, 0.29) is 35.3 Å². The van der Waals surface area contributed by atoms with Crippen LogP contribution in [-0.4, -0.2) is 21.9 Å². The number of hydrogen-bond acceptors (Lipinski definition) is 6. The number of rotatable bonds is 5. The van der Waals surface area contributed by atoms with Crippen molar-refractivity contribution in [3.8, 4) is 0 Å². The summed E-state index contributed by atoms with van der Waals surface area (Å²) >= 11 is 8.85. The van der Waals surface area contributed by atoms with Crippen LogP contribution in [0.2, 0.25) is 5.02 Å². The Hall–Kier alpha value is -2.55. The Kier molecular flexibility index (Phi) is 6.55. The molecule has 0 N–H and O–H groups in total. The van der Waals surface area contributed by atoms with Crippen molar-refractivity contribution >= 4 is 51.5 Å². The molecule has 180 valence electrons. The molecule has 0 unspecified atom stereocenters. The lowest BCUT2D eigenvalue weighted by molar-refractivity contribution is -0.121. The van der Waals surface area contributed by atoms with Gasteiger partial charge in [0.2, 0.25) is 11.0 Å². The predicted octanol–water partition coefficient (Wildman–Crippen LogP) is 6.79. The number of anilines is 1. The topological polar surface area (TPSA) is 63.2 Å². The monoisotopic (exact) mass is 527 g/mol. The molecule has 0 fully saturated rings. The van der Waals surface area contributed by atoms with Crippen LogP contribution in [-0.2, 0) is 15.3 Å². The van der Waals surface area contributed by atoms with E-state index in [1.165, 1.54) is 35.2 Å². The summed E-state index contributed by atoms with van der Waals surface area (Å²) in [6.07, 6.45) is 1.11. The molecule has 9 heteroatoms. The van der Waals surface area contributed by atoms with Crippen molar-refractivity contribution in [3.63, 3.8) is 0 Å². The van der Waals surface area contributed by atoms with Gasteiger partial charge in [0.05, 0.1) is 0 Å². The van der Waals surface area contributed by atoms with Crippen LogP contribution in [0, 0.1) is 11.2 Å². The van der Waals surface area contributed by atoms with Gasteiger partial charge in [-0.2, -0.15) is 0 Å². The zero-order valence-electron chi connectivity index (χ0n) is 19.3. The van der Waals surface area contributed by atoms with Gasteiger partial charge in [-0.25, -0.2) is 4.39 Å². The summed E-state index contributed by atoms with van der Waals surface area (Å²) in [4.78, 5) is 28.4. The number of Topliss-reactive ketones (excluding diaryl/α,β-unsaturated/α-hetero) is 1. The van der Waals surface area contributed by atoms with Crippen LogP contribution >= 0.6 is 34.7 Å². The van der Waals surface area contributed by atoms with Gasteiger partial charge in [0, 0.05) is 40.8 Å². The average molecular weight is 528 g/mol. The van der Waals surface area contributed by atoms with Crippen molar-refractivity contribution in [1.82, 2.24) is 10.2 Å². The van der Waals surface area contributed by atoms with Gasteiger partial charge in [-0.3, -0.25) is 14.5 Å². The number of thioether (sulfide) groups is 1. The fourth-order valence-electron chi connectivity index (χ4n) is 4.69. The number of halogens is 2. The van der Waals surface area contributed by atoms with Crippen molar-refractivity contribution < 1.29 is 14.0 Å². The number of aromatic nitrogens is 2. The van der Waals surface area contributed by atoms with E-state index in [2.05, 4.69) is 10.2 Å². The minimum absolute atomic E-state index is 0.0323. The molecule has 5 rings (SSSR count). The summed E-state index contributed by atoms with van der Waals surface area (Å²) in [5.41, 5.74) is 2.94. The lowest BCUT2D eigenvalue weighted by Crippen LogP contribution is -2.43. The Bertz CT molecular complexity index is 1320. The first kappa shape index (κ1) is 24.2. The molecule has 0 saturated heterocycles. The Morgan fingerprint density at radius 1 is 1.09 bits per heavy atom. The number of amides is 1. The Morgan fingerprint density at radius 2 is 1.80 bits per heavy atom. The first-order chi connectivity index (χ1) is 16.7. The average Bonchev–Trinajstić information content (AvgIpc) is 3.26. The highest BCUT2D eigenvalue weighted by atomic mass is 35.5. The molecule has 0 bridgehead atoms. The molecule has 2 aliphatic rings. The molecular weight excluding hydrogens is 505 g/mol. The van der Waals surface area contributed by atoms with Gasteiger partial charge in [-0.15, -0.1) is 10.2 Å². The third-order valence-corrected chi connectivity index (χ3v) is 8.64. The number of nitrogens with zero attached hydrogens (tertiary/aromatic N) is 3. The number of ketones is 1. The van der Waals surface area contributed by atoms with Crippen LogP contribution in [0.4, 0.5) is 9.52 Å². The molecule has 1 aliphatic heterocycles. The maximum absolute atomic E-state index is 13.5. The minimum atomic E-state index is -0.385. The second kappa shape index (κ2) is 9.48. The van der Waals surface area contributed by atoms with Gasteiger partial charge in [0.25, 0.3) is 0 Å². The highest BCUT2D eigenvalue weighted by molar-refractivity contribution is 8.00. The summed E-state index contributed by atoms with van der Waals surface area (Å²) in [5.74, 6) is -0.130. The molecule has 0 radical (unpaired) electrons. The Morgan fingerprint density at radius 3 is 2.51 bits per heavy atom. The molecule has 0 spiro atoms. The Labute approximate surface area is 216 Å². The summed E-state index contributed by atoms with van der Waals surface area (Å²) in [6.45, 7) is 4.07. The molecule has 5 nitrogen and oxygen atoms in total. The zero-order valence-corrected chi connectivity index (χ0v) is 21.6. The molecule has 2 heterocycles. The SMILES string of the molecule is CC1(C)CC(=O)C2=C(C1)N(c1nnc(SCc3ccc(Cl)cc3)s1)C(=O)C[C@H]2c1ccc(F)cc1. The largest absolute Gasteiger partial charge is 0.294 e. The number of hydrogen-bond donors (Lipinski definition) is 0. The van der Waals surface area contributed by atoms with Crippen LogP contribution in [0.3, 0.4) is 0 Å². The molecular formula is C26H23ClFN3O2S2. The van der Waals surface area contributed by atoms with Crippen LogP contribution in [0.1, 0.15) is 50.2 Å². The maximum Gasteiger partial charge on any atom is 0.234 e. The van der Waals surface area contributed by atoms with Gasteiger partial charge in [-0.1, -0.05) is 72.8 Å². The third kappa shape index (κ3) is 5.06. The van der Waals surface area contributed by atoms with E-state index in [0.717, 1.165) is 15.5 Å². The fraction of sp³-hybridized carbons (Fsp3) is 0.308. The lowest BCUT2D eigenvalue weighted by atomic mass is 9.69. The number of carbonyl (C=O) groups excluding carboxylic acids is 2. The zero-order chi connectivity index (χ0) is 24.7. The molecule has 3 aromatic rings. The molecule has 1 aromatic heterocycles. The van der Waals surface area contributed by atoms with Gasteiger partial charge >= 0.3 is 0 Å². The molecule has 35 heavy (non-hydrogen) atoms. The van der Waals surface area contributed by atoms with Crippen LogP contribution in [0.5, 0.6) is 0 Å².